The number of amides is 1. The summed E-state index contributed by atoms with van der Waals surface area (Å²) < 4.78 is 0. The Labute approximate surface area is 108 Å². The van der Waals surface area contributed by atoms with Crippen LogP contribution in [-0.4, -0.2) is 25.5 Å². The number of carbonyl (C=O) groups excluding carboxylic acids is 1. The molecule has 98 valence electrons. The molecule has 0 atom stereocenters. The number of rotatable bonds is 5. The fraction of sp³-hybridized carbons (Fsp3) is 0.500. The zero-order valence-electron chi connectivity index (χ0n) is 10.7. The highest BCUT2D eigenvalue weighted by Crippen LogP contribution is 2.15. The molecule has 0 saturated heterocycles. The largest absolute Gasteiger partial charge is 0.352 e. The quantitative estimate of drug-likeness (QED) is 0.674. The van der Waals surface area contributed by atoms with Crippen LogP contribution in [0.15, 0.2) is 18.2 Å². The van der Waals surface area contributed by atoms with Gasteiger partial charge in [-0.25, -0.2) is 0 Å². The van der Waals surface area contributed by atoms with E-state index in [9.17, 15) is 4.79 Å². The maximum absolute atomic E-state index is 11.9. The van der Waals surface area contributed by atoms with Gasteiger partial charge in [0.15, 0.2) is 0 Å². The summed E-state index contributed by atoms with van der Waals surface area (Å²) in [7, 11) is 0. The number of nitrogens with two attached hydrogens (primary N) is 1. The number of unbranched alkanes of at least 4 members (excludes halogenated alkanes) is 1. The summed E-state index contributed by atoms with van der Waals surface area (Å²) in [5.74, 6) is 0.0143. The Bertz CT molecular complexity index is 418. The molecule has 0 aromatic heterocycles. The zero-order chi connectivity index (χ0) is 12.8. The lowest BCUT2D eigenvalue weighted by molar-refractivity contribution is 0.0953. The molecule has 1 aromatic rings. The molecule has 1 amide bonds. The van der Waals surface area contributed by atoms with Crippen LogP contribution in [-0.2, 0) is 13.0 Å². The van der Waals surface area contributed by atoms with E-state index >= 15 is 0 Å². The minimum atomic E-state index is 0.0143. The lowest BCUT2D eigenvalue weighted by Crippen LogP contribution is -2.27. The number of hydrogen-bond donors (Lipinski definition) is 3. The second kappa shape index (κ2) is 6.52. The van der Waals surface area contributed by atoms with Gasteiger partial charge in [-0.15, -0.1) is 0 Å². The Morgan fingerprint density at radius 1 is 1.33 bits per heavy atom. The Hall–Kier alpha value is -1.39. The first-order valence-corrected chi connectivity index (χ1v) is 6.62. The summed E-state index contributed by atoms with van der Waals surface area (Å²) in [6, 6.07) is 5.99. The van der Waals surface area contributed by atoms with Crippen molar-refractivity contribution in [1.82, 2.24) is 10.6 Å². The van der Waals surface area contributed by atoms with E-state index in [2.05, 4.69) is 16.7 Å². The molecule has 0 spiro atoms. The van der Waals surface area contributed by atoms with Gasteiger partial charge in [0, 0.05) is 18.7 Å². The van der Waals surface area contributed by atoms with Gasteiger partial charge in [0.2, 0.25) is 0 Å². The molecule has 1 aliphatic rings. The van der Waals surface area contributed by atoms with Gasteiger partial charge in [0.25, 0.3) is 5.91 Å². The van der Waals surface area contributed by atoms with Crippen LogP contribution >= 0.6 is 0 Å². The SMILES string of the molecule is NCCCCNC(=O)c1ccc2c(c1)CNCC2. The predicted molar refractivity (Wildman–Crippen MR) is 72.5 cm³/mol. The molecule has 2 rings (SSSR count). The minimum absolute atomic E-state index is 0.0143. The highest BCUT2D eigenvalue weighted by molar-refractivity contribution is 5.94. The van der Waals surface area contributed by atoms with Crippen molar-refractivity contribution in [2.24, 2.45) is 5.73 Å². The fourth-order valence-corrected chi connectivity index (χ4v) is 2.20. The molecule has 0 saturated carbocycles. The van der Waals surface area contributed by atoms with E-state index in [0.29, 0.717) is 13.1 Å². The van der Waals surface area contributed by atoms with Crippen molar-refractivity contribution in [3.63, 3.8) is 0 Å². The van der Waals surface area contributed by atoms with E-state index in [-0.39, 0.29) is 5.91 Å². The summed E-state index contributed by atoms with van der Waals surface area (Å²) in [6.07, 6.45) is 2.94. The molecule has 0 radical (unpaired) electrons. The Balaban J connectivity index is 1.94. The monoisotopic (exact) mass is 247 g/mol. The third-order valence-electron chi connectivity index (χ3n) is 3.27. The molecule has 0 aliphatic carbocycles. The maximum atomic E-state index is 11.9. The second-order valence-corrected chi connectivity index (χ2v) is 4.66. The van der Waals surface area contributed by atoms with Crippen LogP contribution in [0.3, 0.4) is 0 Å². The van der Waals surface area contributed by atoms with Gasteiger partial charge < -0.3 is 16.4 Å². The van der Waals surface area contributed by atoms with Crippen molar-refractivity contribution in [3.05, 3.63) is 34.9 Å². The molecule has 1 aliphatic heterocycles. The van der Waals surface area contributed by atoms with E-state index in [1.54, 1.807) is 0 Å². The molecule has 4 N–H and O–H groups in total. The summed E-state index contributed by atoms with van der Waals surface area (Å²) in [6.45, 7) is 3.27. The molecular weight excluding hydrogens is 226 g/mol. The van der Waals surface area contributed by atoms with Gasteiger partial charge in [0.1, 0.15) is 0 Å². The average molecular weight is 247 g/mol. The molecule has 0 fully saturated rings. The summed E-state index contributed by atoms with van der Waals surface area (Å²) in [5.41, 5.74) is 8.77. The highest BCUT2D eigenvalue weighted by Gasteiger charge is 2.11. The van der Waals surface area contributed by atoms with Crippen molar-refractivity contribution in [2.75, 3.05) is 19.6 Å². The number of carbonyl (C=O) groups is 1. The zero-order valence-corrected chi connectivity index (χ0v) is 10.7. The first-order valence-electron chi connectivity index (χ1n) is 6.62. The van der Waals surface area contributed by atoms with Crippen molar-refractivity contribution in [2.45, 2.75) is 25.8 Å². The number of benzene rings is 1. The van der Waals surface area contributed by atoms with Crippen molar-refractivity contribution >= 4 is 5.91 Å². The Morgan fingerprint density at radius 2 is 2.22 bits per heavy atom. The van der Waals surface area contributed by atoms with E-state index in [4.69, 9.17) is 5.73 Å². The van der Waals surface area contributed by atoms with E-state index in [1.165, 1.54) is 11.1 Å². The van der Waals surface area contributed by atoms with Crippen molar-refractivity contribution in [3.8, 4) is 0 Å². The smallest absolute Gasteiger partial charge is 0.251 e. The van der Waals surface area contributed by atoms with Crippen LogP contribution in [0.2, 0.25) is 0 Å². The first kappa shape index (κ1) is 13.1. The maximum Gasteiger partial charge on any atom is 0.251 e. The van der Waals surface area contributed by atoms with Gasteiger partial charge in [-0.2, -0.15) is 0 Å². The number of hydrogen-bond acceptors (Lipinski definition) is 3. The lowest BCUT2D eigenvalue weighted by Gasteiger charge is -2.17. The normalized spacial score (nSPS) is 14.1. The van der Waals surface area contributed by atoms with Crippen molar-refractivity contribution in [1.29, 1.82) is 0 Å². The molecule has 1 heterocycles. The van der Waals surface area contributed by atoms with Gasteiger partial charge in [-0.05, 0) is 55.6 Å². The minimum Gasteiger partial charge on any atom is -0.352 e. The fourth-order valence-electron chi connectivity index (χ4n) is 2.20. The third kappa shape index (κ3) is 3.31. The van der Waals surface area contributed by atoms with Gasteiger partial charge in [0.05, 0.1) is 0 Å². The van der Waals surface area contributed by atoms with Crippen LogP contribution in [0.4, 0.5) is 0 Å². The molecule has 18 heavy (non-hydrogen) atoms. The Kier molecular flexibility index (Phi) is 4.73. The second-order valence-electron chi connectivity index (χ2n) is 4.66. The molecule has 0 bridgehead atoms. The molecule has 4 nitrogen and oxygen atoms in total. The predicted octanol–water partition coefficient (Wildman–Crippen LogP) is 0.801. The summed E-state index contributed by atoms with van der Waals surface area (Å²) >= 11 is 0. The van der Waals surface area contributed by atoms with Gasteiger partial charge in [-0.3, -0.25) is 4.79 Å². The third-order valence-corrected chi connectivity index (χ3v) is 3.27. The molecule has 4 heteroatoms. The van der Waals surface area contributed by atoms with Gasteiger partial charge >= 0.3 is 0 Å². The van der Waals surface area contributed by atoms with Crippen molar-refractivity contribution < 1.29 is 4.79 Å². The van der Waals surface area contributed by atoms with Crippen LogP contribution in [0.5, 0.6) is 0 Å². The Morgan fingerprint density at radius 3 is 3.06 bits per heavy atom. The number of fused-ring (bicyclic) bond motifs is 1. The summed E-state index contributed by atoms with van der Waals surface area (Å²) in [5, 5.41) is 6.25. The van der Waals surface area contributed by atoms with Gasteiger partial charge in [-0.1, -0.05) is 6.07 Å². The van der Waals surface area contributed by atoms with E-state index < -0.39 is 0 Å². The topological polar surface area (TPSA) is 67.1 Å². The van der Waals surface area contributed by atoms with Crippen LogP contribution in [0.25, 0.3) is 0 Å². The van der Waals surface area contributed by atoms with E-state index in [0.717, 1.165) is 37.9 Å². The van der Waals surface area contributed by atoms with Crippen LogP contribution in [0.1, 0.15) is 34.3 Å². The highest BCUT2D eigenvalue weighted by atomic mass is 16.1. The molecular formula is C14H21N3O. The standard InChI is InChI=1S/C14H21N3O/c15-6-1-2-7-17-14(18)12-4-3-11-5-8-16-10-13(11)9-12/h3-4,9,16H,1-2,5-8,10,15H2,(H,17,18). The van der Waals surface area contributed by atoms with Crippen LogP contribution < -0.4 is 16.4 Å². The summed E-state index contributed by atoms with van der Waals surface area (Å²) in [4.78, 5) is 11.9. The number of nitrogens with one attached hydrogen (secondary N) is 2. The molecule has 0 unspecified atom stereocenters. The molecule has 1 aromatic carbocycles. The van der Waals surface area contributed by atoms with E-state index in [1.807, 2.05) is 12.1 Å². The van der Waals surface area contributed by atoms with Crippen LogP contribution in [0, 0.1) is 0 Å². The average Bonchev–Trinajstić information content (AvgIpc) is 2.43. The lowest BCUT2D eigenvalue weighted by atomic mass is 9.98. The first-order chi connectivity index (χ1) is 8.81.